The quantitative estimate of drug-likeness (QED) is 0.419. The number of hydrogen-bond donors (Lipinski definition) is 4. The lowest BCUT2D eigenvalue weighted by Gasteiger charge is -2.56. The van der Waals surface area contributed by atoms with Crippen molar-refractivity contribution in [3.63, 3.8) is 0 Å². The maximum Gasteiger partial charge on any atom is 0.309 e. The van der Waals surface area contributed by atoms with Crippen LogP contribution in [0.2, 0.25) is 0 Å². The summed E-state index contributed by atoms with van der Waals surface area (Å²) >= 11 is 0. The van der Waals surface area contributed by atoms with Gasteiger partial charge in [-0.15, -0.1) is 0 Å². The molecule has 1 aliphatic heterocycles. The van der Waals surface area contributed by atoms with E-state index >= 15 is 0 Å². The zero-order valence-corrected chi connectivity index (χ0v) is 22.7. The maximum absolute atomic E-state index is 13.0. The van der Waals surface area contributed by atoms with E-state index in [4.69, 9.17) is 4.74 Å². The van der Waals surface area contributed by atoms with Crippen LogP contribution in [0.4, 0.5) is 0 Å². The molecule has 0 bridgehead atoms. The molecule has 4 rings (SSSR count). The Morgan fingerprint density at radius 1 is 0.971 bits per heavy atom. The molecule has 0 aromatic heterocycles. The van der Waals surface area contributed by atoms with E-state index in [2.05, 4.69) is 41.5 Å². The van der Waals surface area contributed by atoms with Gasteiger partial charge in [0, 0.05) is 0 Å². The molecule has 0 radical (unpaired) electrons. The highest BCUT2D eigenvalue weighted by molar-refractivity contribution is 5.74. The average molecular weight is 495 g/mol. The molecule has 6 nitrogen and oxygen atoms in total. The SMILES string of the molecule is CC[C@@H](C(C)C)[C@@H](O)[C@H](O)[C@@H](C)[C@H]1CC[C@H]2[C@@H]3COC(=O)[C@H]4C[C@@H](O)[C@H](O)C[C@]4(C)[C@H]3CC[C@]12C. The minimum absolute atomic E-state index is 0.00679. The first-order valence-corrected chi connectivity index (χ1v) is 14.3. The molecule has 1 heterocycles. The van der Waals surface area contributed by atoms with Crippen LogP contribution >= 0.6 is 0 Å². The van der Waals surface area contributed by atoms with Gasteiger partial charge in [-0.05, 0) is 90.8 Å². The lowest BCUT2D eigenvalue weighted by Crippen LogP contribution is -2.55. The normalized spacial score (nSPS) is 47.1. The Kier molecular flexibility index (Phi) is 7.72. The summed E-state index contributed by atoms with van der Waals surface area (Å²) in [6.07, 6.45) is 2.49. The molecule has 0 spiro atoms. The van der Waals surface area contributed by atoms with Gasteiger partial charge in [-0.1, -0.05) is 48.0 Å². The van der Waals surface area contributed by atoms with Crippen LogP contribution in [0, 0.1) is 58.2 Å². The molecule has 6 heteroatoms. The second-order valence-electron chi connectivity index (χ2n) is 13.5. The summed E-state index contributed by atoms with van der Waals surface area (Å²) in [5, 5.41) is 43.2. The zero-order chi connectivity index (χ0) is 25.9. The monoisotopic (exact) mass is 494 g/mol. The Hall–Kier alpha value is -0.690. The van der Waals surface area contributed by atoms with Gasteiger partial charge in [0.2, 0.25) is 0 Å². The number of carbonyl (C=O) groups is 1. The molecule has 4 fully saturated rings. The Morgan fingerprint density at radius 2 is 1.63 bits per heavy atom. The summed E-state index contributed by atoms with van der Waals surface area (Å²) in [5.74, 6) is 1.01. The predicted molar refractivity (Wildman–Crippen MR) is 134 cm³/mol. The molecule has 3 aliphatic carbocycles. The standard InChI is InChI=1S/C29H50O6/c1-7-17(15(2)3)26(33)25(32)16(4)19-8-9-20-18-14-35-27(34)22-12-23(30)24(31)13-29(22,6)21(18)10-11-28(19,20)5/h15-26,30-33H,7-14H2,1-6H3/t16-,17-,18-,19+,20-,21-,22+,23+,24+,25+,26+,28+,29+/m0/s1. The number of hydrogen-bond acceptors (Lipinski definition) is 6. The van der Waals surface area contributed by atoms with Crippen molar-refractivity contribution in [3.05, 3.63) is 0 Å². The Morgan fingerprint density at radius 3 is 2.26 bits per heavy atom. The number of carbonyl (C=O) groups excluding carboxylic acids is 1. The summed E-state index contributed by atoms with van der Waals surface area (Å²) in [6.45, 7) is 13.4. The van der Waals surface area contributed by atoms with Gasteiger partial charge in [0.1, 0.15) is 0 Å². The molecule has 1 saturated heterocycles. The highest BCUT2D eigenvalue weighted by Crippen LogP contribution is 2.66. The van der Waals surface area contributed by atoms with Crippen LogP contribution in [0.15, 0.2) is 0 Å². The van der Waals surface area contributed by atoms with Crippen LogP contribution in [0.3, 0.4) is 0 Å². The summed E-state index contributed by atoms with van der Waals surface area (Å²) in [4.78, 5) is 13.0. The largest absolute Gasteiger partial charge is 0.465 e. The lowest BCUT2D eigenvalue weighted by molar-refractivity contribution is -0.162. The van der Waals surface area contributed by atoms with Crippen LogP contribution < -0.4 is 0 Å². The fourth-order valence-electron chi connectivity index (χ4n) is 9.60. The first kappa shape index (κ1) is 27.3. The third-order valence-corrected chi connectivity index (χ3v) is 11.7. The van der Waals surface area contributed by atoms with Gasteiger partial charge in [-0.2, -0.15) is 0 Å². The number of rotatable bonds is 6. The van der Waals surface area contributed by atoms with Crippen molar-refractivity contribution < 1.29 is 30.0 Å². The third-order valence-electron chi connectivity index (χ3n) is 11.7. The topological polar surface area (TPSA) is 107 Å². The Balaban J connectivity index is 1.57. The van der Waals surface area contributed by atoms with Gasteiger partial charge in [0.15, 0.2) is 0 Å². The predicted octanol–water partition coefficient (Wildman–Crippen LogP) is 3.78. The maximum atomic E-state index is 13.0. The number of cyclic esters (lactones) is 1. The fraction of sp³-hybridized carbons (Fsp3) is 0.966. The van der Waals surface area contributed by atoms with E-state index in [0.717, 1.165) is 32.1 Å². The molecule has 0 amide bonds. The van der Waals surface area contributed by atoms with Gasteiger partial charge >= 0.3 is 5.97 Å². The number of ether oxygens (including phenoxy) is 1. The number of aliphatic hydroxyl groups is 4. The van der Waals surface area contributed by atoms with Crippen LogP contribution in [0.1, 0.15) is 86.5 Å². The van der Waals surface area contributed by atoms with E-state index < -0.39 is 24.4 Å². The minimum atomic E-state index is -0.867. The Bertz CT molecular complexity index is 770. The van der Waals surface area contributed by atoms with Crippen LogP contribution in [0.25, 0.3) is 0 Å². The van der Waals surface area contributed by atoms with E-state index in [-0.39, 0.29) is 52.8 Å². The molecule has 4 aliphatic rings. The van der Waals surface area contributed by atoms with Gasteiger partial charge in [0.05, 0.1) is 36.9 Å². The van der Waals surface area contributed by atoms with Gasteiger partial charge in [-0.25, -0.2) is 0 Å². The van der Waals surface area contributed by atoms with Crippen molar-refractivity contribution in [2.45, 2.75) is 111 Å². The smallest absolute Gasteiger partial charge is 0.309 e. The first-order valence-electron chi connectivity index (χ1n) is 14.3. The number of aliphatic hydroxyl groups excluding tert-OH is 4. The highest BCUT2D eigenvalue weighted by Gasteiger charge is 2.63. The molecule has 13 atom stereocenters. The van der Waals surface area contributed by atoms with E-state index in [0.29, 0.717) is 30.8 Å². The summed E-state index contributed by atoms with van der Waals surface area (Å²) < 4.78 is 5.88. The van der Waals surface area contributed by atoms with E-state index in [1.54, 1.807) is 0 Å². The van der Waals surface area contributed by atoms with Crippen molar-refractivity contribution in [1.29, 1.82) is 0 Å². The molecule has 202 valence electrons. The third kappa shape index (κ3) is 4.38. The van der Waals surface area contributed by atoms with Crippen molar-refractivity contribution >= 4 is 5.97 Å². The van der Waals surface area contributed by atoms with Gasteiger partial charge < -0.3 is 25.2 Å². The average Bonchev–Trinajstić information content (AvgIpc) is 3.11. The number of esters is 1. The van der Waals surface area contributed by atoms with Crippen LogP contribution in [-0.4, -0.2) is 57.4 Å². The van der Waals surface area contributed by atoms with Crippen molar-refractivity contribution in [2.24, 2.45) is 58.2 Å². The minimum Gasteiger partial charge on any atom is -0.465 e. The molecule has 4 N–H and O–H groups in total. The summed E-state index contributed by atoms with van der Waals surface area (Å²) in [7, 11) is 0. The number of fused-ring (bicyclic) bond motifs is 5. The van der Waals surface area contributed by atoms with Crippen molar-refractivity contribution in [1.82, 2.24) is 0 Å². The second-order valence-corrected chi connectivity index (χ2v) is 13.5. The van der Waals surface area contributed by atoms with Crippen LogP contribution in [0.5, 0.6) is 0 Å². The van der Waals surface area contributed by atoms with Gasteiger partial charge in [-0.3, -0.25) is 4.79 Å². The first-order chi connectivity index (χ1) is 16.4. The lowest BCUT2D eigenvalue weighted by atomic mass is 9.48. The van der Waals surface area contributed by atoms with Crippen molar-refractivity contribution in [3.8, 4) is 0 Å². The van der Waals surface area contributed by atoms with E-state index in [9.17, 15) is 25.2 Å². The summed E-state index contributed by atoms with van der Waals surface area (Å²) in [5.41, 5.74) is -0.348. The van der Waals surface area contributed by atoms with E-state index in [1.165, 1.54) is 0 Å². The zero-order valence-electron chi connectivity index (χ0n) is 22.7. The van der Waals surface area contributed by atoms with Crippen molar-refractivity contribution in [2.75, 3.05) is 6.61 Å². The molecule has 35 heavy (non-hydrogen) atoms. The van der Waals surface area contributed by atoms with E-state index in [1.807, 2.05) is 0 Å². The molecule has 3 saturated carbocycles. The fourth-order valence-corrected chi connectivity index (χ4v) is 9.60. The summed E-state index contributed by atoms with van der Waals surface area (Å²) in [6, 6.07) is 0. The highest BCUT2D eigenvalue weighted by atomic mass is 16.5. The molecular weight excluding hydrogens is 444 g/mol. The second kappa shape index (κ2) is 9.89. The van der Waals surface area contributed by atoms with Gasteiger partial charge in [0.25, 0.3) is 0 Å². The molecule has 0 aromatic rings. The molecular formula is C29H50O6. The molecule has 0 unspecified atom stereocenters. The van der Waals surface area contributed by atoms with Crippen LogP contribution in [-0.2, 0) is 9.53 Å². The molecule has 0 aromatic carbocycles. The Labute approximate surface area is 211 Å².